The summed E-state index contributed by atoms with van der Waals surface area (Å²) >= 11 is 0. The number of fused-ring (bicyclic) bond motifs is 1. The Morgan fingerprint density at radius 1 is 1.56 bits per heavy atom. The number of ether oxygens (including phenoxy) is 2. The molecule has 3 atom stereocenters. The Bertz CT molecular complexity index is 143. The van der Waals surface area contributed by atoms with E-state index < -0.39 is 6.10 Å². The summed E-state index contributed by atoms with van der Waals surface area (Å²) < 4.78 is 10.2. The summed E-state index contributed by atoms with van der Waals surface area (Å²) in [5.41, 5.74) is 0. The minimum atomic E-state index is -0.440. The van der Waals surface area contributed by atoms with E-state index in [0.29, 0.717) is 6.61 Å². The van der Waals surface area contributed by atoms with Crippen LogP contribution in [0.2, 0.25) is 0 Å². The maximum atomic E-state index is 9.11. The summed E-state index contributed by atoms with van der Waals surface area (Å²) in [6.45, 7) is 0.402. The molecule has 0 spiro atoms. The Labute approximate surface area is 52.9 Å². The number of hydrogen-bond acceptors (Lipinski definition) is 3. The second-order valence-electron chi connectivity index (χ2n) is 2.29. The van der Waals surface area contributed by atoms with E-state index in [4.69, 9.17) is 14.6 Å². The quantitative estimate of drug-likeness (QED) is 0.485. The lowest BCUT2D eigenvalue weighted by Crippen LogP contribution is -2.26. The Balaban J connectivity index is 2.13. The molecule has 0 aromatic rings. The van der Waals surface area contributed by atoms with Gasteiger partial charge >= 0.3 is 0 Å². The predicted octanol–water partition coefficient (Wildman–Crippen LogP) is -0.341. The van der Waals surface area contributed by atoms with Crippen molar-refractivity contribution >= 4 is 0 Å². The van der Waals surface area contributed by atoms with Gasteiger partial charge in [0, 0.05) is 0 Å². The SMILES string of the molecule is O[C@@H]1CO[C@@H]2C=CO[C@H]12. The highest BCUT2D eigenvalue weighted by molar-refractivity contribution is 5.03. The van der Waals surface area contributed by atoms with Crippen LogP contribution in [0.5, 0.6) is 0 Å². The van der Waals surface area contributed by atoms with Gasteiger partial charge in [0.15, 0.2) is 6.10 Å². The minimum absolute atomic E-state index is 0.000000000000000222. The summed E-state index contributed by atoms with van der Waals surface area (Å²) in [6.07, 6.45) is 2.83. The van der Waals surface area contributed by atoms with Crippen LogP contribution in [0, 0.1) is 0 Å². The normalized spacial score (nSPS) is 47.0. The highest BCUT2D eigenvalue weighted by Crippen LogP contribution is 2.23. The number of aliphatic hydroxyl groups is 1. The summed E-state index contributed by atoms with van der Waals surface area (Å²) in [4.78, 5) is 0. The molecule has 0 saturated carbocycles. The van der Waals surface area contributed by atoms with E-state index in [1.165, 1.54) is 0 Å². The zero-order valence-electron chi connectivity index (χ0n) is 4.86. The number of aliphatic hydroxyl groups excluding tert-OH is 1. The highest BCUT2D eigenvalue weighted by atomic mass is 16.6. The first-order chi connectivity index (χ1) is 4.38. The monoisotopic (exact) mass is 128 g/mol. The van der Waals surface area contributed by atoms with Gasteiger partial charge in [-0.25, -0.2) is 0 Å². The van der Waals surface area contributed by atoms with Crippen molar-refractivity contribution in [3.05, 3.63) is 12.3 Å². The Morgan fingerprint density at radius 3 is 3.22 bits per heavy atom. The molecule has 0 radical (unpaired) electrons. The van der Waals surface area contributed by atoms with Crippen LogP contribution < -0.4 is 0 Å². The van der Waals surface area contributed by atoms with Crippen molar-refractivity contribution in [1.29, 1.82) is 0 Å². The molecular formula is C6H8O3. The maximum Gasteiger partial charge on any atom is 0.155 e. The molecule has 0 unspecified atom stereocenters. The zero-order valence-corrected chi connectivity index (χ0v) is 4.86. The van der Waals surface area contributed by atoms with Crippen molar-refractivity contribution in [1.82, 2.24) is 0 Å². The standard InChI is InChI=1S/C6H8O3/c7-4-3-9-5-1-2-8-6(4)5/h1-2,4-7H,3H2/t4-,5-,6-/m1/s1. The fourth-order valence-corrected chi connectivity index (χ4v) is 1.17. The van der Waals surface area contributed by atoms with Crippen LogP contribution in [-0.2, 0) is 9.47 Å². The molecule has 1 fully saturated rings. The molecule has 2 aliphatic rings. The first-order valence-electron chi connectivity index (χ1n) is 3.00. The second kappa shape index (κ2) is 1.72. The molecule has 1 saturated heterocycles. The van der Waals surface area contributed by atoms with Gasteiger partial charge in [-0.05, 0) is 6.08 Å². The minimum Gasteiger partial charge on any atom is -0.492 e. The van der Waals surface area contributed by atoms with Gasteiger partial charge in [-0.2, -0.15) is 0 Å². The fourth-order valence-electron chi connectivity index (χ4n) is 1.17. The molecule has 2 heterocycles. The van der Waals surface area contributed by atoms with Gasteiger partial charge in [-0.1, -0.05) is 0 Å². The molecule has 2 aliphatic heterocycles. The molecule has 3 heteroatoms. The largest absolute Gasteiger partial charge is 0.492 e. The highest BCUT2D eigenvalue weighted by Gasteiger charge is 2.38. The molecule has 3 nitrogen and oxygen atoms in total. The number of rotatable bonds is 0. The van der Waals surface area contributed by atoms with E-state index in [1.807, 2.05) is 6.08 Å². The van der Waals surface area contributed by atoms with Crippen LogP contribution in [0.4, 0.5) is 0 Å². The van der Waals surface area contributed by atoms with E-state index in [1.54, 1.807) is 6.26 Å². The zero-order chi connectivity index (χ0) is 6.27. The maximum absolute atomic E-state index is 9.11. The molecule has 0 bridgehead atoms. The van der Waals surface area contributed by atoms with Crippen LogP contribution in [0.15, 0.2) is 12.3 Å². The first-order valence-corrected chi connectivity index (χ1v) is 3.00. The molecular weight excluding hydrogens is 120 g/mol. The van der Waals surface area contributed by atoms with Gasteiger partial charge in [-0.15, -0.1) is 0 Å². The van der Waals surface area contributed by atoms with E-state index in [9.17, 15) is 0 Å². The predicted molar refractivity (Wildman–Crippen MR) is 29.8 cm³/mol. The van der Waals surface area contributed by atoms with Crippen LogP contribution in [0.3, 0.4) is 0 Å². The third kappa shape index (κ3) is 0.653. The molecule has 1 N–H and O–H groups in total. The third-order valence-corrected chi connectivity index (χ3v) is 1.67. The fraction of sp³-hybridized carbons (Fsp3) is 0.667. The number of hydrogen-bond donors (Lipinski definition) is 1. The first kappa shape index (κ1) is 5.26. The van der Waals surface area contributed by atoms with Crippen molar-refractivity contribution in [3.8, 4) is 0 Å². The average Bonchev–Trinajstić information content (AvgIpc) is 2.35. The Morgan fingerprint density at radius 2 is 2.44 bits per heavy atom. The van der Waals surface area contributed by atoms with Gasteiger partial charge in [0.05, 0.1) is 12.9 Å². The van der Waals surface area contributed by atoms with Crippen molar-refractivity contribution in [2.45, 2.75) is 18.3 Å². The third-order valence-electron chi connectivity index (χ3n) is 1.67. The molecule has 0 aliphatic carbocycles. The van der Waals surface area contributed by atoms with E-state index >= 15 is 0 Å². The molecule has 0 aromatic carbocycles. The van der Waals surface area contributed by atoms with E-state index in [2.05, 4.69) is 0 Å². The summed E-state index contributed by atoms with van der Waals surface area (Å²) in [5.74, 6) is 0. The average molecular weight is 128 g/mol. The van der Waals surface area contributed by atoms with Gasteiger partial charge in [0.25, 0.3) is 0 Å². The van der Waals surface area contributed by atoms with Crippen molar-refractivity contribution in [2.24, 2.45) is 0 Å². The Hall–Kier alpha value is -0.540. The smallest absolute Gasteiger partial charge is 0.155 e. The second-order valence-corrected chi connectivity index (χ2v) is 2.29. The topological polar surface area (TPSA) is 38.7 Å². The lowest BCUT2D eigenvalue weighted by molar-refractivity contribution is 0.0466. The van der Waals surface area contributed by atoms with E-state index in [-0.39, 0.29) is 12.2 Å². The van der Waals surface area contributed by atoms with Gasteiger partial charge in [0.1, 0.15) is 12.2 Å². The van der Waals surface area contributed by atoms with Crippen LogP contribution in [0.25, 0.3) is 0 Å². The van der Waals surface area contributed by atoms with Crippen molar-refractivity contribution < 1.29 is 14.6 Å². The van der Waals surface area contributed by atoms with Crippen LogP contribution >= 0.6 is 0 Å². The summed E-state index contributed by atoms with van der Waals surface area (Å²) in [6, 6.07) is 0. The van der Waals surface area contributed by atoms with Crippen LogP contribution in [-0.4, -0.2) is 30.0 Å². The Kier molecular flexibility index (Phi) is 1.00. The van der Waals surface area contributed by atoms with Crippen molar-refractivity contribution in [3.63, 3.8) is 0 Å². The molecule has 9 heavy (non-hydrogen) atoms. The lowest BCUT2D eigenvalue weighted by atomic mass is 10.2. The summed E-state index contributed by atoms with van der Waals surface area (Å²) in [5, 5.41) is 9.11. The molecule has 50 valence electrons. The molecule has 2 rings (SSSR count). The van der Waals surface area contributed by atoms with E-state index in [0.717, 1.165) is 0 Å². The van der Waals surface area contributed by atoms with Gasteiger partial charge < -0.3 is 14.6 Å². The van der Waals surface area contributed by atoms with Gasteiger partial charge in [0.2, 0.25) is 0 Å². The lowest BCUT2D eigenvalue weighted by Gasteiger charge is -2.09. The van der Waals surface area contributed by atoms with Crippen molar-refractivity contribution in [2.75, 3.05) is 6.61 Å². The molecule has 0 amide bonds. The van der Waals surface area contributed by atoms with Crippen LogP contribution in [0.1, 0.15) is 0 Å². The molecule has 0 aromatic heterocycles. The summed E-state index contributed by atoms with van der Waals surface area (Å²) in [7, 11) is 0. The van der Waals surface area contributed by atoms with Gasteiger partial charge in [-0.3, -0.25) is 0 Å².